The Kier molecular flexibility index (Phi) is 4.59. The van der Waals surface area contributed by atoms with E-state index in [1.54, 1.807) is 0 Å². The van der Waals surface area contributed by atoms with Crippen molar-refractivity contribution in [2.45, 2.75) is 33.8 Å². The molecule has 0 aromatic heterocycles. The molecular formula is C17H22O2P+. The zero-order valence-electron chi connectivity index (χ0n) is 12.5. The SMILES string of the molecule is Cc1ccccc1[P+](O)(OC(C)C)c1ccccc1C. The van der Waals surface area contributed by atoms with Gasteiger partial charge >= 0.3 is 7.72 Å². The molecule has 2 aromatic rings. The predicted molar refractivity (Wildman–Crippen MR) is 87.0 cm³/mol. The summed E-state index contributed by atoms with van der Waals surface area (Å²) in [4.78, 5) is 11.4. The molecule has 0 aliphatic heterocycles. The van der Waals surface area contributed by atoms with Crippen molar-refractivity contribution < 1.29 is 9.42 Å². The van der Waals surface area contributed by atoms with E-state index in [-0.39, 0.29) is 6.10 Å². The molecule has 3 heteroatoms. The summed E-state index contributed by atoms with van der Waals surface area (Å²) in [5.74, 6) is 0. The minimum absolute atomic E-state index is 0.0347. The second-order valence-electron chi connectivity index (χ2n) is 5.30. The molecule has 1 N–H and O–H groups in total. The zero-order chi connectivity index (χ0) is 14.8. The molecule has 0 saturated carbocycles. The van der Waals surface area contributed by atoms with Crippen molar-refractivity contribution in [3.05, 3.63) is 59.7 Å². The van der Waals surface area contributed by atoms with E-state index in [1.807, 2.05) is 76.2 Å². The van der Waals surface area contributed by atoms with Gasteiger partial charge in [0, 0.05) is 0 Å². The van der Waals surface area contributed by atoms with Crippen LogP contribution in [0.4, 0.5) is 0 Å². The molecule has 0 aliphatic rings. The number of hydrogen-bond acceptors (Lipinski definition) is 2. The number of benzene rings is 2. The average molecular weight is 289 g/mol. The number of aryl methyl sites for hydroxylation is 2. The molecule has 2 nitrogen and oxygen atoms in total. The molecule has 2 rings (SSSR count). The molecule has 0 unspecified atom stereocenters. The Morgan fingerprint density at radius 1 is 0.850 bits per heavy atom. The molecule has 0 spiro atoms. The normalized spacial score (nSPS) is 11.9. The summed E-state index contributed by atoms with van der Waals surface area (Å²) in [5, 5.41) is 1.81. The predicted octanol–water partition coefficient (Wildman–Crippen LogP) is 3.52. The second kappa shape index (κ2) is 6.05. The van der Waals surface area contributed by atoms with Gasteiger partial charge in [-0.1, -0.05) is 36.4 Å². The van der Waals surface area contributed by atoms with E-state index in [9.17, 15) is 4.89 Å². The molecule has 0 bridgehead atoms. The molecule has 0 atom stereocenters. The summed E-state index contributed by atoms with van der Waals surface area (Å²) in [6.45, 7) is 7.95. The lowest BCUT2D eigenvalue weighted by atomic mass is 10.2. The summed E-state index contributed by atoms with van der Waals surface area (Å²) in [5.41, 5.74) is 2.12. The maximum absolute atomic E-state index is 11.4. The lowest BCUT2D eigenvalue weighted by Gasteiger charge is -2.23. The van der Waals surface area contributed by atoms with Crippen LogP contribution in [0.25, 0.3) is 0 Å². The fourth-order valence-corrected chi connectivity index (χ4v) is 5.13. The Bertz CT molecular complexity index is 548. The van der Waals surface area contributed by atoms with Gasteiger partial charge in [0.2, 0.25) is 0 Å². The molecule has 0 radical (unpaired) electrons. The standard InChI is InChI=1S/C17H22O2P/c1-13(2)19-20(18,16-11-7-5-9-14(16)3)17-12-8-6-10-15(17)4/h5-13,18H,1-4H3/q+1. The van der Waals surface area contributed by atoms with Gasteiger partial charge in [-0.05, 0) is 51.0 Å². The number of rotatable bonds is 4. The third-order valence-electron chi connectivity index (χ3n) is 3.25. The van der Waals surface area contributed by atoms with Gasteiger partial charge in [-0.25, -0.2) is 4.89 Å². The summed E-state index contributed by atoms with van der Waals surface area (Å²) in [6, 6.07) is 15.8. The van der Waals surface area contributed by atoms with Crippen LogP contribution in [-0.2, 0) is 4.52 Å². The highest BCUT2D eigenvalue weighted by molar-refractivity contribution is 7.80. The first kappa shape index (κ1) is 15.2. The first-order chi connectivity index (χ1) is 9.45. The molecule has 0 aliphatic carbocycles. The monoisotopic (exact) mass is 289 g/mol. The van der Waals surface area contributed by atoms with Gasteiger partial charge in [0.15, 0.2) is 10.6 Å². The van der Waals surface area contributed by atoms with Gasteiger partial charge in [-0.15, -0.1) is 0 Å². The van der Waals surface area contributed by atoms with Crippen molar-refractivity contribution in [3.8, 4) is 0 Å². The van der Waals surface area contributed by atoms with Gasteiger partial charge in [0.25, 0.3) is 0 Å². The fourth-order valence-electron chi connectivity index (χ4n) is 2.36. The van der Waals surface area contributed by atoms with Crippen LogP contribution < -0.4 is 10.6 Å². The van der Waals surface area contributed by atoms with Crippen molar-refractivity contribution >= 4 is 18.3 Å². The Balaban J connectivity index is 2.63. The Morgan fingerprint density at radius 2 is 1.25 bits per heavy atom. The van der Waals surface area contributed by atoms with Crippen LogP contribution in [0.5, 0.6) is 0 Å². The van der Waals surface area contributed by atoms with Crippen LogP contribution in [0.1, 0.15) is 25.0 Å². The molecule has 0 amide bonds. The van der Waals surface area contributed by atoms with E-state index in [1.165, 1.54) is 0 Å². The molecule has 0 fully saturated rings. The quantitative estimate of drug-likeness (QED) is 0.873. The van der Waals surface area contributed by atoms with Gasteiger partial charge in [0.05, 0.1) is 0 Å². The van der Waals surface area contributed by atoms with E-state index in [2.05, 4.69) is 0 Å². The molecule has 0 saturated heterocycles. The first-order valence-corrected chi connectivity index (χ1v) is 8.53. The van der Waals surface area contributed by atoms with E-state index >= 15 is 0 Å². The van der Waals surface area contributed by atoms with E-state index in [0.29, 0.717) is 0 Å². The van der Waals surface area contributed by atoms with Gasteiger partial charge in [-0.3, -0.25) is 0 Å². The van der Waals surface area contributed by atoms with Crippen molar-refractivity contribution in [2.24, 2.45) is 0 Å². The van der Waals surface area contributed by atoms with Gasteiger partial charge in [-0.2, -0.15) is 4.52 Å². The summed E-state index contributed by atoms with van der Waals surface area (Å²) >= 11 is 0. The highest BCUT2D eigenvalue weighted by Crippen LogP contribution is 2.55. The molecule has 106 valence electrons. The van der Waals surface area contributed by atoms with Crippen molar-refractivity contribution in [2.75, 3.05) is 0 Å². The minimum atomic E-state index is -2.81. The lowest BCUT2D eigenvalue weighted by Crippen LogP contribution is -2.29. The Hall–Kier alpha value is -1.21. The largest absolute Gasteiger partial charge is 0.337 e. The van der Waals surface area contributed by atoms with Crippen LogP contribution in [0.2, 0.25) is 0 Å². The van der Waals surface area contributed by atoms with Crippen LogP contribution in [0.15, 0.2) is 48.5 Å². The molecule has 0 heterocycles. The highest BCUT2D eigenvalue weighted by atomic mass is 31.2. The Labute approximate surface area is 121 Å². The fraction of sp³-hybridized carbons (Fsp3) is 0.294. The average Bonchev–Trinajstić information content (AvgIpc) is 2.38. The van der Waals surface area contributed by atoms with Crippen LogP contribution in [-0.4, -0.2) is 11.0 Å². The maximum Gasteiger partial charge on any atom is 0.337 e. The summed E-state index contributed by atoms with van der Waals surface area (Å²) in [6.07, 6.45) is -0.0347. The third-order valence-corrected chi connectivity index (χ3v) is 6.28. The third kappa shape index (κ3) is 2.93. The van der Waals surface area contributed by atoms with E-state index in [4.69, 9.17) is 4.52 Å². The smallest absolute Gasteiger partial charge is 0.209 e. The lowest BCUT2D eigenvalue weighted by molar-refractivity contribution is 0.238. The van der Waals surface area contributed by atoms with Crippen LogP contribution in [0.3, 0.4) is 0 Å². The van der Waals surface area contributed by atoms with Gasteiger partial charge < -0.3 is 0 Å². The minimum Gasteiger partial charge on any atom is -0.209 e. The van der Waals surface area contributed by atoms with Crippen molar-refractivity contribution in [1.29, 1.82) is 0 Å². The van der Waals surface area contributed by atoms with Gasteiger partial charge in [0.1, 0.15) is 6.10 Å². The zero-order valence-corrected chi connectivity index (χ0v) is 13.4. The van der Waals surface area contributed by atoms with E-state index in [0.717, 1.165) is 21.7 Å². The number of hydrogen-bond donors (Lipinski definition) is 1. The maximum atomic E-state index is 11.4. The molecular weight excluding hydrogens is 267 g/mol. The van der Waals surface area contributed by atoms with Crippen LogP contribution in [0, 0.1) is 13.8 Å². The topological polar surface area (TPSA) is 29.5 Å². The van der Waals surface area contributed by atoms with Crippen molar-refractivity contribution in [3.63, 3.8) is 0 Å². The molecule has 20 heavy (non-hydrogen) atoms. The Morgan fingerprint density at radius 3 is 1.60 bits per heavy atom. The molecule has 2 aromatic carbocycles. The van der Waals surface area contributed by atoms with Crippen LogP contribution >= 0.6 is 7.72 Å². The highest BCUT2D eigenvalue weighted by Gasteiger charge is 2.47. The van der Waals surface area contributed by atoms with Crippen molar-refractivity contribution in [1.82, 2.24) is 0 Å². The first-order valence-electron chi connectivity index (χ1n) is 6.87. The summed E-state index contributed by atoms with van der Waals surface area (Å²) < 4.78 is 6.04. The van der Waals surface area contributed by atoms with E-state index < -0.39 is 7.72 Å². The summed E-state index contributed by atoms with van der Waals surface area (Å²) in [7, 11) is -2.81. The second-order valence-corrected chi connectivity index (χ2v) is 7.63.